The van der Waals surface area contributed by atoms with Gasteiger partial charge >= 0.3 is 5.69 Å². The zero-order valence-electron chi connectivity index (χ0n) is 16.1. The number of nitro groups is 1. The minimum Gasteiger partial charge on any atom is -0.502 e. The summed E-state index contributed by atoms with van der Waals surface area (Å²) in [6, 6.07) is 1.46. The van der Waals surface area contributed by atoms with Gasteiger partial charge in [0.05, 0.1) is 4.92 Å². The summed E-state index contributed by atoms with van der Waals surface area (Å²) in [6.07, 6.45) is 12.9. The Hall–Kier alpha value is -2.11. The van der Waals surface area contributed by atoms with Crippen molar-refractivity contribution in [1.29, 1.82) is 0 Å². The van der Waals surface area contributed by atoms with Crippen molar-refractivity contribution in [2.24, 2.45) is 5.73 Å². The number of benzene rings is 1. The first-order valence-electron chi connectivity index (χ1n) is 9.69. The topological polar surface area (TPSA) is 106 Å². The lowest BCUT2D eigenvalue weighted by molar-refractivity contribution is -0.386. The van der Waals surface area contributed by atoms with Crippen LogP contribution in [0.5, 0.6) is 5.75 Å². The van der Waals surface area contributed by atoms with Gasteiger partial charge in [0.15, 0.2) is 5.75 Å². The van der Waals surface area contributed by atoms with Crippen molar-refractivity contribution in [3.05, 3.63) is 32.9 Å². The van der Waals surface area contributed by atoms with E-state index in [0.29, 0.717) is 12.0 Å². The van der Waals surface area contributed by atoms with E-state index in [1.807, 2.05) is 0 Å². The molecule has 6 heteroatoms. The molecule has 0 saturated heterocycles. The van der Waals surface area contributed by atoms with E-state index in [-0.39, 0.29) is 5.56 Å². The van der Waals surface area contributed by atoms with E-state index in [1.165, 1.54) is 51.0 Å². The van der Waals surface area contributed by atoms with Crippen LogP contribution >= 0.6 is 0 Å². The Morgan fingerprint density at radius 1 is 1.08 bits per heavy atom. The number of rotatable bonds is 13. The second-order valence-electron chi connectivity index (χ2n) is 6.96. The van der Waals surface area contributed by atoms with Crippen LogP contribution in [0.1, 0.15) is 92.6 Å². The Labute approximate surface area is 155 Å². The molecule has 0 spiro atoms. The minimum atomic E-state index is -0.892. The highest BCUT2D eigenvalue weighted by Gasteiger charge is 2.26. The quantitative estimate of drug-likeness (QED) is 0.286. The van der Waals surface area contributed by atoms with Gasteiger partial charge in [0, 0.05) is 5.56 Å². The maximum atomic E-state index is 11.5. The number of primary amides is 1. The molecule has 6 nitrogen and oxygen atoms in total. The number of aromatic hydroxyl groups is 1. The molecule has 0 heterocycles. The molecule has 1 rings (SSSR count). The molecule has 0 aliphatic heterocycles. The Morgan fingerprint density at radius 2 is 1.58 bits per heavy atom. The lowest BCUT2D eigenvalue weighted by atomic mass is 9.96. The van der Waals surface area contributed by atoms with Crippen molar-refractivity contribution in [3.8, 4) is 5.75 Å². The monoisotopic (exact) mass is 364 g/mol. The molecule has 0 fully saturated rings. The molecule has 0 aliphatic carbocycles. The fourth-order valence-electron chi connectivity index (χ4n) is 3.24. The summed E-state index contributed by atoms with van der Waals surface area (Å²) < 4.78 is 0. The van der Waals surface area contributed by atoms with Gasteiger partial charge in [-0.25, -0.2) is 0 Å². The van der Waals surface area contributed by atoms with Crippen molar-refractivity contribution < 1.29 is 14.8 Å². The smallest absolute Gasteiger partial charge is 0.323 e. The Morgan fingerprint density at radius 3 is 2.04 bits per heavy atom. The van der Waals surface area contributed by atoms with E-state index in [1.54, 1.807) is 6.92 Å². The highest BCUT2D eigenvalue weighted by molar-refractivity contribution is 5.98. The zero-order valence-corrected chi connectivity index (χ0v) is 16.1. The summed E-state index contributed by atoms with van der Waals surface area (Å²) in [7, 11) is 0. The summed E-state index contributed by atoms with van der Waals surface area (Å²) in [5.41, 5.74) is 5.63. The number of hydrogen-bond donors (Lipinski definition) is 2. The molecule has 0 aromatic heterocycles. The fourth-order valence-corrected chi connectivity index (χ4v) is 3.24. The summed E-state index contributed by atoms with van der Waals surface area (Å²) in [5, 5.41) is 21.2. The number of hydrogen-bond acceptors (Lipinski definition) is 4. The van der Waals surface area contributed by atoms with Crippen LogP contribution in [0.15, 0.2) is 6.07 Å². The van der Waals surface area contributed by atoms with Crippen LogP contribution in [-0.2, 0) is 6.42 Å². The number of aryl methyl sites for hydroxylation is 1. The van der Waals surface area contributed by atoms with Gasteiger partial charge in [-0.2, -0.15) is 0 Å². The van der Waals surface area contributed by atoms with Gasteiger partial charge in [-0.1, -0.05) is 64.7 Å². The minimum absolute atomic E-state index is 0.222. The standard InChI is InChI=1S/C20H32N2O4/c1-3-4-5-6-7-8-9-10-11-12-13-16-14-17(20(21)24)18(22(25)26)19(23)15(16)2/h14,23H,3-13H2,1-2H3,(H2,21,24). The third kappa shape index (κ3) is 6.65. The van der Waals surface area contributed by atoms with Gasteiger partial charge in [-0.3, -0.25) is 14.9 Å². The predicted molar refractivity (Wildman–Crippen MR) is 104 cm³/mol. The number of phenols is 1. The van der Waals surface area contributed by atoms with Gasteiger partial charge < -0.3 is 10.8 Å². The molecule has 0 saturated carbocycles. The molecule has 0 aliphatic rings. The molecule has 3 N–H and O–H groups in total. The van der Waals surface area contributed by atoms with Crippen molar-refractivity contribution >= 4 is 11.6 Å². The van der Waals surface area contributed by atoms with Gasteiger partial charge in [0.2, 0.25) is 0 Å². The number of amides is 1. The van der Waals surface area contributed by atoms with Crippen LogP contribution in [0.25, 0.3) is 0 Å². The van der Waals surface area contributed by atoms with Gasteiger partial charge in [0.1, 0.15) is 5.56 Å². The van der Waals surface area contributed by atoms with Crippen LogP contribution in [0.3, 0.4) is 0 Å². The Balaban J connectivity index is 2.48. The molecular formula is C20H32N2O4. The predicted octanol–water partition coefficient (Wildman–Crippen LogP) is 5.17. The molecule has 0 radical (unpaired) electrons. The van der Waals surface area contributed by atoms with E-state index in [4.69, 9.17) is 5.73 Å². The zero-order chi connectivity index (χ0) is 19.5. The van der Waals surface area contributed by atoms with Crippen LogP contribution < -0.4 is 5.73 Å². The van der Waals surface area contributed by atoms with E-state index in [2.05, 4.69) is 6.92 Å². The van der Waals surface area contributed by atoms with Crippen LogP contribution in [-0.4, -0.2) is 15.9 Å². The van der Waals surface area contributed by atoms with Gasteiger partial charge in [-0.05, 0) is 31.4 Å². The van der Waals surface area contributed by atoms with Crippen molar-refractivity contribution in [1.82, 2.24) is 0 Å². The lowest BCUT2D eigenvalue weighted by Gasteiger charge is -2.11. The van der Waals surface area contributed by atoms with E-state index in [9.17, 15) is 20.0 Å². The SMILES string of the molecule is CCCCCCCCCCCCc1cc(C(N)=O)c([N+](=O)[O-])c(O)c1C. The summed E-state index contributed by atoms with van der Waals surface area (Å²) in [6.45, 7) is 3.86. The number of nitrogens with two attached hydrogens (primary N) is 1. The Bertz CT molecular complexity index is 614. The molecule has 146 valence electrons. The molecule has 1 aromatic carbocycles. The van der Waals surface area contributed by atoms with Crippen molar-refractivity contribution in [3.63, 3.8) is 0 Å². The fraction of sp³-hybridized carbons (Fsp3) is 0.650. The maximum Gasteiger partial charge on any atom is 0.323 e. The van der Waals surface area contributed by atoms with Crippen LogP contribution in [0.4, 0.5) is 5.69 Å². The average Bonchev–Trinajstić information content (AvgIpc) is 2.59. The first-order valence-corrected chi connectivity index (χ1v) is 9.69. The first-order chi connectivity index (χ1) is 12.4. The largest absolute Gasteiger partial charge is 0.502 e. The normalized spacial score (nSPS) is 10.8. The first kappa shape index (κ1) is 21.9. The van der Waals surface area contributed by atoms with Crippen molar-refractivity contribution in [2.75, 3.05) is 0 Å². The summed E-state index contributed by atoms with van der Waals surface area (Å²) in [5.74, 6) is -1.34. The number of carbonyl (C=O) groups excluding carboxylic acids is 1. The van der Waals surface area contributed by atoms with E-state index < -0.39 is 22.3 Å². The third-order valence-corrected chi connectivity index (χ3v) is 4.88. The second-order valence-corrected chi connectivity index (χ2v) is 6.96. The molecule has 0 atom stereocenters. The number of phenolic OH excluding ortho intramolecular Hbond substituents is 1. The van der Waals surface area contributed by atoms with Gasteiger partial charge in [0.25, 0.3) is 5.91 Å². The molecule has 0 unspecified atom stereocenters. The lowest BCUT2D eigenvalue weighted by Crippen LogP contribution is -2.14. The summed E-state index contributed by atoms with van der Waals surface area (Å²) in [4.78, 5) is 21.8. The van der Waals surface area contributed by atoms with E-state index >= 15 is 0 Å². The second kappa shape index (κ2) is 11.5. The average molecular weight is 364 g/mol. The molecule has 0 bridgehead atoms. The highest BCUT2D eigenvalue weighted by atomic mass is 16.6. The Kier molecular flexibility index (Phi) is 9.70. The van der Waals surface area contributed by atoms with Gasteiger partial charge in [-0.15, -0.1) is 0 Å². The maximum absolute atomic E-state index is 11.5. The molecular weight excluding hydrogens is 332 g/mol. The third-order valence-electron chi connectivity index (χ3n) is 4.88. The highest BCUT2D eigenvalue weighted by Crippen LogP contribution is 2.36. The number of carbonyl (C=O) groups is 1. The van der Waals surface area contributed by atoms with Crippen LogP contribution in [0.2, 0.25) is 0 Å². The molecule has 1 amide bonds. The number of unbranched alkanes of at least 4 members (excludes halogenated alkanes) is 9. The summed E-state index contributed by atoms with van der Waals surface area (Å²) >= 11 is 0. The van der Waals surface area contributed by atoms with Crippen molar-refractivity contribution in [2.45, 2.75) is 84.5 Å². The number of nitrogens with zero attached hydrogens (tertiary/aromatic N) is 1. The van der Waals surface area contributed by atoms with Crippen LogP contribution in [0, 0.1) is 17.0 Å². The number of nitro benzene ring substituents is 1. The molecule has 1 aromatic rings. The molecule has 26 heavy (non-hydrogen) atoms. The van der Waals surface area contributed by atoms with E-state index in [0.717, 1.165) is 24.8 Å².